The highest BCUT2D eigenvalue weighted by molar-refractivity contribution is 5.72. The minimum atomic E-state index is -0.478. The van der Waals surface area contributed by atoms with Crippen LogP contribution in [0.5, 0.6) is 0 Å². The van der Waals surface area contributed by atoms with Crippen LogP contribution in [0.1, 0.15) is 27.2 Å². The van der Waals surface area contributed by atoms with Crippen LogP contribution in [0.2, 0.25) is 0 Å². The van der Waals surface area contributed by atoms with Crippen LogP contribution in [0.4, 0.5) is 0 Å². The second-order valence-corrected chi connectivity index (χ2v) is 2.92. The number of hydrogen-bond donors (Lipinski definition) is 0. The molecule has 0 saturated heterocycles. The first-order chi connectivity index (χ1) is 4.45. The van der Waals surface area contributed by atoms with E-state index < -0.39 is 11.6 Å². The van der Waals surface area contributed by atoms with Crippen molar-refractivity contribution in [2.75, 3.05) is 0 Å². The van der Waals surface area contributed by atoms with E-state index in [-0.39, 0.29) is 6.42 Å². The largest absolute Gasteiger partial charge is 0.459 e. The third-order valence-corrected chi connectivity index (χ3v) is 0.643. The Morgan fingerprint density at radius 1 is 1.60 bits per heavy atom. The molecular formula is C7H11NO2. The number of nitriles is 1. The minimum Gasteiger partial charge on any atom is -0.459 e. The van der Waals surface area contributed by atoms with Gasteiger partial charge < -0.3 is 4.74 Å². The molecule has 0 unspecified atom stereocenters. The average Bonchev–Trinajstić information content (AvgIpc) is 1.59. The van der Waals surface area contributed by atoms with Gasteiger partial charge in [-0.25, -0.2) is 0 Å². The quantitative estimate of drug-likeness (QED) is 0.409. The second kappa shape index (κ2) is 3.21. The van der Waals surface area contributed by atoms with Crippen LogP contribution in [0.3, 0.4) is 0 Å². The molecule has 0 spiro atoms. The molecule has 0 radical (unpaired) electrons. The number of carbonyl (C=O) groups excluding carboxylic acids is 1. The molecule has 3 heteroatoms. The van der Waals surface area contributed by atoms with Gasteiger partial charge in [-0.2, -0.15) is 5.26 Å². The van der Waals surface area contributed by atoms with Crippen LogP contribution in [-0.4, -0.2) is 11.6 Å². The summed E-state index contributed by atoms with van der Waals surface area (Å²) in [6.45, 7) is 5.30. The summed E-state index contributed by atoms with van der Waals surface area (Å²) in [6.07, 6.45) is -0.169. The molecular weight excluding hydrogens is 131 g/mol. The number of esters is 1. The minimum absolute atomic E-state index is 0.169. The van der Waals surface area contributed by atoms with Crippen molar-refractivity contribution in [1.29, 1.82) is 5.26 Å². The molecule has 3 nitrogen and oxygen atoms in total. The highest BCUT2D eigenvalue weighted by atomic mass is 16.6. The molecule has 0 rings (SSSR count). The van der Waals surface area contributed by atoms with Crippen molar-refractivity contribution < 1.29 is 9.53 Å². The number of rotatable bonds is 1. The van der Waals surface area contributed by atoms with Gasteiger partial charge in [-0.05, 0) is 20.8 Å². The fourth-order valence-corrected chi connectivity index (χ4v) is 0.442. The third kappa shape index (κ3) is 5.10. The Labute approximate surface area is 60.6 Å². The lowest BCUT2D eigenvalue weighted by molar-refractivity contribution is -0.153. The van der Waals surface area contributed by atoms with Crippen LogP contribution in [0, 0.1) is 11.3 Å². The first-order valence-corrected chi connectivity index (χ1v) is 3.04. The molecule has 0 saturated carbocycles. The summed E-state index contributed by atoms with van der Waals surface area (Å²) in [6, 6.07) is 1.72. The Bertz CT molecular complexity index is 161. The van der Waals surface area contributed by atoms with Gasteiger partial charge in [0, 0.05) is 0 Å². The van der Waals surface area contributed by atoms with Gasteiger partial charge in [-0.1, -0.05) is 0 Å². The van der Waals surface area contributed by atoms with Crippen LogP contribution in [-0.2, 0) is 9.53 Å². The molecule has 0 aliphatic rings. The normalized spacial score (nSPS) is 10.2. The van der Waals surface area contributed by atoms with Gasteiger partial charge in [0.1, 0.15) is 12.0 Å². The summed E-state index contributed by atoms with van der Waals surface area (Å²) in [7, 11) is 0. The molecule has 0 aromatic carbocycles. The zero-order valence-corrected chi connectivity index (χ0v) is 6.47. The average molecular weight is 142 g/mol. The first-order valence-electron chi connectivity index (χ1n) is 3.04. The molecule has 0 amide bonds. The summed E-state index contributed by atoms with van der Waals surface area (Å²) >= 11 is 0. The van der Waals surface area contributed by atoms with Gasteiger partial charge >= 0.3 is 5.97 Å². The molecule has 0 aromatic rings. The molecule has 0 aliphatic carbocycles. The first kappa shape index (κ1) is 8.96. The summed E-state index contributed by atoms with van der Waals surface area (Å²) < 4.78 is 4.82. The van der Waals surface area contributed by atoms with Crippen molar-refractivity contribution in [3.05, 3.63) is 0 Å². The molecule has 56 valence electrons. The van der Waals surface area contributed by atoms with E-state index in [1.807, 2.05) is 0 Å². The molecule has 0 fully saturated rings. The lowest BCUT2D eigenvalue weighted by Crippen LogP contribution is -2.23. The van der Waals surface area contributed by atoms with E-state index in [1.54, 1.807) is 26.8 Å². The number of hydrogen-bond acceptors (Lipinski definition) is 3. The zero-order chi connectivity index (χ0) is 8.20. The second-order valence-electron chi connectivity index (χ2n) is 2.92. The predicted octanol–water partition coefficient (Wildman–Crippen LogP) is 1.24. The topological polar surface area (TPSA) is 50.1 Å². The SMILES string of the molecule is CC(C)(C)O[13C](=O)CC#N. The fourth-order valence-electron chi connectivity index (χ4n) is 0.442. The van der Waals surface area contributed by atoms with Crippen molar-refractivity contribution >= 4 is 5.97 Å². The number of ether oxygens (including phenoxy) is 1. The van der Waals surface area contributed by atoms with Crippen LogP contribution >= 0.6 is 0 Å². The van der Waals surface area contributed by atoms with E-state index >= 15 is 0 Å². The van der Waals surface area contributed by atoms with E-state index in [0.717, 1.165) is 0 Å². The highest BCUT2D eigenvalue weighted by Crippen LogP contribution is 2.07. The Kier molecular flexibility index (Phi) is 2.88. The molecule has 0 atom stereocenters. The third-order valence-electron chi connectivity index (χ3n) is 0.643. The zero-order valence-electron chi connectivity index (χ0n) is 6.47. The van der Waals surface area contributed by atoms with E-state index in [0.29, 0.717) is 0 Å². The maximum atomic E-state index is 10.6. The Balaban J connectivity index is 3.72. The van der Waals surface area contributed by atoms with E-state index in [2.05, 4.69) is 0 Å². The van der Waals surface area contributed by atoms with E-state index in [4.69, 9.17) is 10.00 Å². The smallest absolute Gasteiger partial charge is 0.320 e. The van der Waals surface area contributed by atoms with Gasteiger partial charge in [0.15, 0.2) is 0 Å². The maximum absolute atomic E-state index is 10.6. The maximum Gasteiger partial charge on any atom is 0.320 e. The van der Waals surface area contributed by atoms with Crippen molar-refractivity contribution in [1.82, 2.24) is 0 Å². The number of nitrogens with zero attached hydrogens (tertiary/aromatic N) is 1. The molecule has 0 aliphatic heterocycles. The molecule has 0 heterocycles. The summed E-state index contributed by atoms with van der Waals surface area (Å²) in [4.78, 5) is 10.6. The molecule has 0 aromatic heterocycles. The highest BCUT2D eigenvalue weighted by Gasteiger charge is 2.15. The van der Waals surface area contributed by atoms with Crippen molar-refractivity contribution in [2.45, 2.75) is 32.8 Å². The van der Waals surface area contributed by atoms with Gasteiger partial charge in [-0.15, -0.1) is 0 Å². The molecule has 0 bridgehead atoms. The Morgan fingerprint density at radius 3 is 2.40 bits per heavy atom. The molecule has 10 heavy (non-hydrogen) atoms. The number of carbonyl (C=O) groups is 1. The lowest BCUT2D eigenvalue weighted by atomic mass is 10.2. The predicted molar refractivity (Wildman–Crippen MR) is 36.1 cm³/mol. The Morgan fingerprint density at radius 2 is 2.10 bits per heavy atom. The van der Waals surface area contributed by atoms with Crippen molar-refractivity contribution in [3.8, 4) is 6.07 Å². The van der Waals surface area contributed by atoms with Gasteiger partial charge in [0.05, 0.1) is 6.07 Å². The van der Waals surface area contributed by atoms with Crippen LogP contribution < -0.4 is 0 Å². The van der Waals surface area contributed by atoms with E-state index in [9.17, 15) is 4.79 Å². The Hall–Kier alpha value is -1.04. The van der Waals surface area contributed by atoms with Crippen molar-refractivity contribution in [2.24, 2.45) is 0 Å². The van der Waals surface area contributed by atoms with Gasteiger partial charge in [0.2, 0.25) is 0 Å². The fraction of sp³-hybridized carbons (Fsp3) is 0.714. The summed E-state index contributed by atoms with van der Waals surface area (Å²) in [5, 5.41) is 8.08. The summed E-state index contributed by atoms with van der Waals surface area (Å²) in [5.41, 5.74) is -0.478. The standard InChI is InChI=1S/C7H11NO2/c1-7(2,3)10-6(9)4-5-8/h4H2,1-3H3/i6+1. The molecule has 0 N–H and O–H groups in total. The monoisotopic (exact) mass is 142 g/mol. The van der Waals surface area contributed by atoms with Crippen LogP contribution in [0.25, 0.3) is 0 Å². The van der Waals surface area contributed by atoms with E-state index in [1.165, 1.54) is 0 Å². The van der Waals surface area contributed by atoms with Gasteiger partial charge in [0.25, 0.3) is 0 Å². The van der Waals surface area contributed by atoms with Gasteiger partial charge in [-0.3, -0.25) is 4.79 Å². The van der Waals surface area contributed by atoms with Crippen LogP contribution in [0.15, 0.2) is 0 Å². The van der Waals surface area contributed by atoms with Crippen molar-refractivity contribution in [3.63, 3.8) is 0 Å². The summed E-state index contributed by atoms with van der Waals surface area (Å²) in [5.74, 6) is -0.463. The lowest BCUT2D eigenvalue weighted by Gasteiger charge is -2.18.